The SMILES string of the molecule is O=C(O)CNC(=O)CCC1CN(S(=O)(=O)c2cccc(C(F)(F)F)c2)c2cc(-c3cccc(C(F)(F)F)n3)ccc2O1. The number of amides is 1. The highest BCUT2D eigenvalue weighted by Gasteiger charge is 2.38. The van der Waals surface area contributed by atoms with Gasteiger partial charge in [-0.05, 0) is 55.0 Å². The normalized spacial score (nSPS) is 15.5. The summed E-state index contributed by atoms with van der Waals surface area (Å²) in [6.45, 7) is -1.12. The van der Waals surface area contributed by atoms with Gasteiger partial charge in [0.2, 0.25) is 5.91 Å². The molecular formula is C26H21F6N3O6S. The van der Waals surface area contributed by atoms with Crippen molar-refractivity contribution in [2.45, 2.75) is 36.2 Å². The van der Waals surface area contributed by atoms with Crippen molar-refractivity contribution in [1.29, 1.82) is 0 Å². The molecule has 0 saturated carbocycles. The quantitative estimate of drug-likeness (QED) is 0.351. The first kappa shape index (κ1) is 30.6. The van der Waals surface area contributed by atoms with Crippen LogP contribution in [0.1, 0.15) is 24.1 Å². The van der Waals surface area contributed by atoms with E-state index in [1.165, 1.54) is 24.3 Å². The van der Waals surface area contributed by atoms with Gasteiger partial charge in [-0.2, -0.15) is 26.3 Å². The van der Waals surface area contributed by atoms with Crippen molar-refractivity contribution in [3.8, 4) is 17.0 Å². The van der Waals surface area contributed by atoms with E-state index in [1.807, 2.05) is 0 Å². The standard InChI is InChI=1S/C26H21F6N3O6S/c27-25(28,29)16-3-1-4-18(12-16)42(39,40)35-14-17(8-10-23(36)33-13-24(37)38)41-21-9-7-15(11-20(21)35)19-5-2-6-22(34-19)26(30,31)32/h1-7,9,11-12,17H,8,10,13-14H2,(H,33,36)(H,37,38). The topological polar surface area (TPSA) is 126 Å². The number of aromatic nitrogens is 1. The third kappa shape index (κ3) is 6.92. The third-order valence-electron chi connectivity index (χ3n) is 6.11. The minimum absolute atomic E-state index is 0.0662. The zero-order valence-corrected chi connectivity index (χ0v) is 22.1. The van der Waals surface area contributed by atoms with Gasteiger partial charge in [0.1, 0.15) is 24.1 Å². The Balaban J connectivity index is 1.74. The molecule has 0 saturated heterocycles. The molecule has 1 aliphatic heterocycles. The molecule has 42 heavy (non-hydrogen) atoms. The smallest absolute Gasteiger partial charge is 0.433 e. The molecule has 2 aromatic carbocycles. The molecule has 0 fully saturated rings. The Morgan fingerprint density at radius 3 is 2.38 bits per heavy atom. The highest BCUT2D eigenvalue weighted by Crippen LogP contribution is 2.41. The fourth-order valence-corrected chi connectivity index (χ4v) is 5.66. The van der Waals surface area contributed by atoms with Crippen LogP contribution in [0.5, 0.6) is 5.75 Å². The van der Waals surface area contributed by atoms with Crippen LogP contribution in [-0.2, 0) is 32.0 Å². The lowest BCUT2D eigenvalue weighted by atomic mass is 10.1. The van der Waals surface area contributed by atoms with Crippen molar-refractivity contribution < 1.29 is 54.2 Å². The summed E-state index contributed by atoms with van der Waals surface area (Å²) in [7, 11) is -4.71. The number of benzene rings is 2. The van der Waals surface area contributed by atoms with Gasteiger partial charge in [-0.1, -0.05) is 12.1 Å². The molecule has 0 radical (unpaired) electrons. The number of ether oxygens (including phenoxy) is 1. The Morgan fingerprint density at radius 1 is 1.00 bits per heavy atom. The lowest BCUT2D eigenvalue weighted by Crippen LogP contribution is -2.44. The number of carbonyl (C=O) groups excluding carboxylic acids is 1. The predicted octanol–water partition coefficient (Wildman–Crippen LogP) is 4.72. The zero-order valence-electron chi connectivity index (χ0n) is 21.2. The summed E-state index contributed by atoms with van der Waals surface area (Å²) in [5.41, 5.74) is -2.66. The van der Waals surface area contributed by atoms with Crippen LogP contribution in [0.4, 0.5) is 32.0 Å². The summed E-state index contributed by atoms with van der Waals surface area (Å²) >= 11 is 0. The number of anilines is 1. The first-order valence-electron chi connectivity index (χ1n) is 12.1. The molecule has 1 aromatic heterocycles. The van der Waals surface area contributed by atoms with Crippen molar-refractivity contribution in [2.75, 3.05) is 17.4 Å². The lowest BCUT2D eigenvalue weighted by Gasteiger charge is -2.36. The van der Waals surface area contributed by atoms with E-state index in [0.717, 1.165) is 28.6 Å². The highest BCUT2D eigenvalue weighted by atomic mass is 32.2. The van der Waals surface area contributed by atoms with E-state index in [-0.39, 0.29) is 35.5 Å². The van der Waals surface area contributed by atoms with Gasteiger partial charge in [0.25, 0.3) is 10.0 Å². The molecule has 2 heterocycles. The highest BCUT2D eigenvalue weighted by molar-refractivity contribution is 7.92. The maximum absolute atomic E-state index is 13.7. The minimum Gasteiger partial charge on any atom is -0.486 e. The van der Waals surface area contributed by atoms with Gasteiger partial charge < -0.3 is 15.2 Å². The summed E-state index contributed by atoms with van der Waals surface area (Å²) in [4.78, 5) is 25.6. The molecule has 0 spiro atoms. The van der Waals surface area contributed by atoms with Crippen LogP contribution in [0.2, 0.25) is 0 Å². The number of alkyl halides is 6. The van der Waals surface area contributed by atoms with Gasteiger partial charge in [0.15, 0.2) is 0 Å². The molecule has 0 bridgehead atoms. The summed E-state index contributed by atoms with van der Waals surface area (Å²) in [6.07, 6.45) is -11.0. The third-order valence-corrected chi connectivity index (χ3v) is 7.88. The summed E-state index contributed by atoms with van der Waals surface area (Å²) in [5.74, 6) is -2.01. The second kappa shape index (κ2) is 11.5. The Morgan fingerprint density at radius 2 is 1.71 bits per heavy atom. The van der Waals surface area contributed by atoms with Gasteiger partial charge in [0.05, 0.1) is 28.4 Å². The van der Waals surface area contributed by atoms with E-state index in [2.05, 4.69) is 10.3 Å². The van der Waals surface area contributed by atoms with Gasteiger partial charge in [-0.15, -0.1) is 0 Å². The number of hydrogen-bond donors (Lipinski definition) is 2. The minimum atomic E-state index is -4.84. The predicted molar refractivity (Wildman–Crippen MR) is 135 cm³/mol. The maximum atomic E-state index is 13.7. The van der Waals surface area contributed by atoms with E-state index in [0.29, 0.717) is 12.1 Å². The first-order chi connectivity index (χ1) is 19.6. The van der Waals surface area contributed by atoms with Gasteiger partial charge in [0, 0.05) is 12.0 Å². The lowest BCUT2D eigenvalue weighted by molar-refractivity contribution is -0.141. The van der Waals surface area contributed by atoms with Crippen LogP contribution in [-0.4, -0.2) is 49.6 Å². The molecule has 0 aliphatic carbocycles. The number of pyridine rings is 1. The monoisotopic (exact) mass is 617 g/mol. The fraction of sp³-hybridized carbons (Fsp3) is 0.269. The molecule has 16 heteroatoms. The van der Waals surface area contributed by atoms with Gasteiger partial charge in [-0.3, -0.25) is 13.9 Å². The average Bonchev–Trinajstić information content (AvgIpc) is 2.93. The van der Waals surface area contributed by atoms with Crippen molar-refractivity contribution in [3.63, 3.8) is 0 Å². The number of halogens is 6. The fourth-order valence-electron chi connectivity index (χ4n) is 4.12. The van der Waals surface area contributed by atoms with Crippen molar-refractivity contribution in [1.82, 2.24) is 10.3 Å². The summed E-state index contributed by atoms with van der Waals surface area (Å²) < 4.78 is 114. The second-order valence-corrected chi connectivity index (χ2v) is 11.0. The molecule has 9 nitrogen and oxygen atoms in total. The van der Waals surface area contributed by atoms with Crippen molar-refractivity contribution in [2.24, 2.45) is 0 Å². The van der Waals surface area contributed by atoms with E-state index in [1.54, 1.807) is 0 Å². The number of rotatable bonds is 8. The van der Waals surface area contributed by atoms with E-state index >= 15 is 0 Å². The van der Waals surface area contributed by atoms with Crippen molar-refractivity contribution >= 4 is 27.6 Å². The van der Waals surface area contributed by atoms with Gasteiger partial charge >= 0.3 is 18.3 Å². The Labute approximate surface area is 234 Å². The van der Waals surface area contributed by atoms with Crippen LogP contribution in [0.25, 0.3) is 11.3 Å². The molecule has 3 aromatic rings. The number of nitrogens with one attached hydrogen (secondary N) is 1. The van der Waals surface area contributed by atoms with Crippen molar-refractivity contribution in [3.05, 3.63) is 71.9 Å². The van der Waals surface area contributed by atoms with Crippen LogP contribution >= 0.6 is 0 Å². The van der Waals surface area contributed by atoms with E-state index in [9.17, 15) is 44.3 Å². The van der Waals surface area contributed by atoms with Crippen LogP contribution < -0.4 is 14.4 Å². The van der Waals surface area contributed by atoms with Crippen LogP contribution in [0.3, 0.4) is 0 Å². The summed E-state index contributed by atoms with van der Waals surface area (Å²) in [5, 5.41) is 10.9. The number of fused-ring (bicyclic) bond motifs is 1. The van der Waals surface area contributed by atoms with E-state index < -0.39 is 69.6 Å². The first-order valence-corrected chi connectivity index (χ1v) is 13.5. The Hall–Kier alpha value is -4.34. The number of hydrogen-bond acceptors (Lipinski definition) is 6. The number of sulfonamides is 1. The zero-order chi connectivity index (χ0) is 30.9. The summed E-state index contributed by atoms with van der Waals surface area (Å²) in [6, 6.07) is 9.98. The molecule has 1 amide bonds. The average molecular weight is 618 g/mol. The molecule has 1 unspecified atom stereocenters. The number of carbonyl (C=O) groups is 2. The molecule has 4 rings (SSSR count). The van der Waals surface area contributed by atoms with Crippen LogP contribution in [0, 0.1) is 0 Å². The number of nitrogens with zero attached hydrogens (tertiary/aromatic N) is 2. The Bertz CT molecular complexity index is 1610. The Kier molecular flexibility index (Phi) is 8.39. The molecular weight excluding hydrogens is 596 g/mol. The molecule has 1 aliphatic rings. The molecule has 2 N–H and O–H groups in total. The molecule has 1 atom stereocenters. The number of carboxylic acids is 1. The number of aliphatic carboxylic acids is 1. The number of carboxylic acid groups (broad SMARTS) is 1. The largest absolute Gasteiger partial charge is 0.486 e. The maximum Gasteiger partial charge on any atom is 0.433 e. The molecule has 224 valence electrons. The van der Waals surface area contributed by atoms with E-state index in [4.69, 9.17) is 9.84 Å². The van der Waals surface area contributed by atoms with Crippen LogP contribution in [0.15, 0.2) is 65.6 Å². The van der Waals surface area contributed by atoms with Gasteiger partial charge in [-0.25, -0.2) is 13.4 Å². The second-order valence-electron chi connectivity index (χ2n) is 9.10.